The summed E-state index contributed by atoms with van der Waals surface area (Å²) in [7, 11) is 0. The Morgan fingerprint density at radius 1 is 1.24 bits per heavy atom. The summed E-state index contributed by atoms with van der Waals surface area (Å²) in [6.07, 6.45) is 1.81. The fourth-order valence-electron chi connectivity index (χ4n) is 2.21. The molecule has 1 amide bonds. The van der Waals surface area contributed by atoms with E-state index in [1.165, 1.54) is 16.9 Å². The van der Waals surface area contributed by atoms with Crippen molar-refractivity contribution in [2.24, 2.45) is 0 Å². The number of thiazole rings is 1. The van der Waals surface area contributed by atoms with Gasteiger partial charge in [-0.3, -0.25) is 4.79 Å². The lowest BCUT2D eigenvalue weighted by Gasteiger charge is -2.11. The number of ether oxygens (including phenoxy) is 1. The van der Waals surface area contributed by atoms with Gasteiger partial charge in [-0.15, -0.1) is 11.3 Å². The molecule has 1 N–H and O–H groups in total. The second-order valence-corrected chi connectivity index (χ2v) is 6.94. The van der Waals surface area contributed by atoms with Crippen LogP contribution >= 0.6 is 11.3 Å². The van der Waals surface area contributed by atoms with E-state index in [1.807, 2.05) is 26.0 Å². The second-order valence-electron chi connectivity index (χ2n) is 5.94. The second kappa shape index (κ2) is 8.76. The van der Waals surface area contributed by atoms with Crippen LogP contribution in [0.25, 0.3) is 10.6 Å². The van der Waals surface area contributed by atoms with E-state index in [9.17, 15) is 9.59 Å². The summed E-state index contributed by atoms with van der Waals surface area (Å²) in [5.74, 6) is -0.800. The predicted octanol–water partition coefficient (Wildman–Crippen LogP) is 3.75. The van der Waals surface area contributed by atoms with Crippen LogP contribution in [0.5, 0.6) is 0 Å². The normalized spacial score (nSPS) is 11.8. The van der Waals surface area contributed by atoms with Crippen LogP contribution in [0.4, 0.5) is 0 Å². The number of aromatic nitrogens is 1. The minimum Gasteiger partial charge on any atom is -0.451 e. The Balaban J connectivity index is 2.03. The van der Waals surface area contributed by atoms with E-state index in [0.29, 0.717) is 10.6 Å². The molecule has 25 heavy (non-hydrogen) atoms. The van der Waals surface area contributed by atoms with E-state index in [2.05, 4.69) is 29.4 Å². The molecule has 5 nitrogen and oxygen atoms in total. The van der Waals surface area contributed by atoms with Crippen LogP contribution in [0.15, 0.2) is 24.3 Å². The summed E-state index contributed by atoms with van der Waals surface area (Å²) < 4.78 is 5.12. The monoisotopic (exact) mass is 360 g/mol. The Labute approximate surface area is 152 Å². The minimum atomic E-state index is -0.509. The molecule has 134 valence electrons. The maximum Gasteiger partial charge on any atom is 0.350 e. The Bertz CT molecular complexity index is 738. The molecule has 0 aliphatic carbocycles. The number of benzene rings is 1. The van der Waals surface area contributed by atoms with Crippen LogP contribution in [-0.2, 0) is 16.0 Å². The lowest BCUT2D eigenvalue weighted by atomic mass is 10.1. The van der Waals surface area contributed by atoms with Gasteiger partial charge in [0.2, 0.25) is 0 Å². The largest absolute Gasteiger partial charge is 0.451 e. The van der Waals surface area contributed by atoms with E-state index in [1.54, 1.807) is 6.92 Å². The molecule has 0 fully saturated rings. The molecule has 0 aliphatic rings. The zero-order valence-electron chi connectivity index (χ0n) is 15.1. The highest BCUT2D eigenvalue weighted by molar-refractivity contribution is 7.17. The molecule has 1 aromatic heterocycles. The minimum absolute atomic E-state index is 0.0639. The van der Waals surface area contributed by atoms with Crippen molar-refractivity contribution in [1.29, 1.82) is 0 Å². The number of amides is 1. The van der Waals surface area contributed by atoms with Gasteiger partial charge in [0.05, 0.1) is 5.69 Å². The summed E-state index contributed by atoms with van der Waals surface area (Å²) in [6.45, 7) is 7.49. The Kier molecular flexibility index (Phi) is 6.70. The fraction of sp³-hybridized carbons (Fsp3) is 0.421. The number of hydrogen-bond donors (Lipinski definition) is 1. The molecule has 1 unspecified atom stereocenters. The number of rotatable bonds is 7. The summed E-state index contributed by atoms with van der Waals surface area (Å²) >= 11 is 1.29. The zero-order valence-corrected chi connectivity index (χ0v) is 15.9. The van der Waals surface area contributed by atoms with E-state index in [4.69, 9.17) is 4.74 Å². The molecule has 1 heterocycles. The molecule has 6 heteroatoms. The van der Waals surface area contributed by atoms with Gasteiger partial charge in [0, 0.05) is 11.6 Å². The van der Waals surface area contributed by atoms with Crippen LogP contribution in [0.1, 0.15) is 48.1 Å². The number of esters is 1. The summed E-state index contributed by atoms with van der Waals surface area (Å²) in [4.78, 5) is 28.9. The van der Waals surface area contributed by atoms with Gasteiger partial charge in [0.15, 0.2) is 6.61 Å². The van der Waals surface area contributed by atoms with Crippen molar-refractivity contribution in [3.05, 3.63) is 40.4 Å². The zero-order chi connectivity index (χ0) is 18.4. The third kappa shape index (κ3) is 5.13. The fourth-order valence-corrected chi connectivity index (χ4v) is 3.17. The molecule has 0 radical (unpaired) electrons. The predicted molar refractivity (Wildman–Crippen MR) is 99.8 cm³/mol. The first-order valence-electron chi connectivity index (χ1n) is 8.47. The maximum atomic E-state index is 12.2. The third-order valence-electron chi connectivity index (χ3n) is 3.95. The van der Waals surface area contributed by atoms with E-state index >= 15 is 0 Å². The maximum absolute atomic E-state index is 12.2. The third-order valence-corrected chi connectivity index (χ3v) is 5.13. The average molecular weight is 360 g/mol. The highest BCUT2D eigenvalue weighted by Gasteiger charge is 2.19. The number of carbonyl (C=O) groups is 2. The van der Waals surface area contributed by atoms with Crippen LogP contribution in [0.3, 0.4) is 0 Å². The van der Waals surface area contributed by atoms with Gasteiger partial charge in [0.25, 0.3) is 5.91 Å². The smallest absolute Gasteiger partial charge is 0.350 e. The number of nitrogens with one attached hydrogen (secondary N) is 1. The van der Waals surface area contributed by atoms with Crippen molar-refractivity contribution in [2.45, 2.75) is 46.6 Å². The molecule has 2 aromatic rings. The quantitative estimate of drug-likeness (QED) is 0.764. The number of nitrogens with zero attached hydrogens (tertiary/aromatic N) is 1. The van der Waals surface area contributed by atoms with Crippen molar-refractivity contribution < 1.29 is 14.3 Å². The standard InChI is InChI=1S/C19H24N2O3S/c1-5-12(3)20-16(22)11-24-19(23)17-13(4)21-18(25-17)15-9-7-14(6-2)8-10-15/h7-10,12H,5-6,11H2,1-4H3,(H,20,22). The number of carbonyl (C=O) groups excluding carboxylic acids is 2. The van der Waals surface area contributed by atoms with Gasteiger partial charge in [-0.05, 0) is 32.3 Å². The SMILES string of the molecule is CCc1ccc(-c2nc(C)c(C(=O)OCC(=O)NC(C)CC)s2)cc1. The molecule has 0 bridgehead atoms. The van der Waals surface area contributed by atoms with Crippen molar-refractivity contribution >= 4 is 23.2 Å². The summed E-state index contributed by atoms with van der Waals surface area (Å²) in [5.41, 5.74) is 2.84. The molecule has 1 aromatic carbocycles. The van der Waals surface area contributed by atoms with Crippen LogP contribution < -0.4 is 5.32 Å². The van der Waals surface area contributed by atoms with E-state index in [0.717, 1.165) is 23.4 Å². The average Bonchev–Trinajstić information content (AvgIpc) is 3.01. The molecule has 0 saturated heterocycles. The van der Waals surface area contributed by atoms with Crippen molar-refractivity contribution in [1.82, 2.24) is 10.3 Å². The number of aryl methyl sites for hydroxylation is 2. The Morgan fingerprint density at radius 3 is 2.52 bits per heavy atom. The first-order valence-corrected chi connectivity index (χ1v) is 9.29. The molecular formula is C19H24N2O3S. The molecule has 0 spiro atoms. The lowest BCUT2D eigenvalue weighted by molar-refractivity contribution is -0.124. The van der Waals surface area contributed by atoms with E-state index in [-0.39, 0.29) is 18.6 Å². The molecule has 1 atom stereocenters. The first-order chi connectivity index (χ1) is 11.9. The van der Waals surface area contributed by atoms with Gasteiger partial charge in [-0.1, -0.05) is 38.1 Å². The lowest BCUT2D eigenvalue weighted by Crippen LogP contribution is -2.35. The van der Waals surface area contributed by atoms with Crippen molar-refractivity contribution in [2.75, 3.05) is 6.61 Å². The van der Waals surface area contributed by atoms with Gasteiger partial charge in [0.1, 0.15) is 9.88 Å². The Morgan fingerprint density at radius 2 is 1.92 bits per heavy atom. The van der Waals surface area contributed by atoms with Crippen LogP contribution in [0, 0.1) is 6.92 Å². The summed E-state index contributed by atoms with van der Waals surface area (Å²) in [6, 6.07) is 8.19. The first kappa shape index (κ1) is 19.1. The summed E-state index contributed by atoms with van der Waals surface area (Å²) in [5, 5.41) is 3.54. The van der Waals surface area contributed by atoms with Crippen LogP contribution in [0.2, 0.25) is 0 Å². The molecule has 0 aliphatic heterocycles. The van der Waals surface area contributed by atoms with Gasteiger partial charge in [-0.2, -0.15) is 0 Å². The van der Waals surface area contributed by atoms with Crippen LogP contribution in [-0.4, -0.2) is 29.5 Å². The van der Waals surface area contributed by atoms with Gasteiger partial charge in [-0.25, -0.2) is 9.78 Å². The molecule has 0 saturated carbocycles. The van der Waals surface area contributed by atoms with E-state index < -0.39 is 5.97 Å². The molecule has 2 rings (SSSR count). The number of hydrogen-bond acceptors (Lipinski definition) is 5. The molecular weight excluding hydrogens is 336 g/mol. The van der Waals surface area contributed by atoms with Crippen molar-refractivity contribution in [3.63, 3.8) is 0 Å². The van der Waals surface area contributed by atoms with Crippen molar-refractivity contribution in [3.8, 4) is 10.6 Å². The highest BCUT2D eigenvalue weighted by Crippen LogP contribution is 2.28. The van der Waals surface area contributed by atoms with Gasteiger partial charge >= 0.3 is 5.97 Å². The topological polar surface area (TPSA) is 68.3 Å². The Hall–Kier alpha value is -2.21. The van der Waals surface area contributed by atoms with Gasteiger partial charge < -0.3 is 10.1 Å². The highest BCUT2D eigenvalue weighted by atomic mass is 32.1.